The zero-order valence-electron chi connectivity index (χ0n) is 9.73. The third kappa shape index (κ3) is 4.09. The fraction of sp³-hybridized carbons (Fsp3) is 0.556. The molecule has 1 unspecified atom stereocenters. The number of H-pyrrole nitrogens is 1. The van der Waals surface area contributed by atoms with E-state index in [-0.39, 0.29) is 18.4 Å². The van der Waals surface area contributed by atoms with Crippen molar-refractivity contribution in [1.29, 1.82) is 0 Å². The molecule has 94 valence electrons. The van der Waals surface area contributed by atoms with Crippen molar-refractivity contribution in [3.05, 3.63) is 12.2 Å². The number of hydrogen-bond acceptors (Lipinski definition) is 4. The molecule has 0 aromatic carbocycles. The van der Waals surface area contributed by atoms with Crippen LogP contribution < -0.4 is 16.4 Å². The van der Waals surface area contributed by atoms with Crippen molar-refractivity contribution < 1.29 is 9.59 Å². The fourth-order valence-electron chi connectivity index (χ4n) is 1.28. The first kappa shape index (κ1) is 12.9. The Morgan fingerprint density at radius 3 is 2.71 bits per heavy atom. The molecule has 0 saturated heterocycles. The van der Waals surface area contributed by atoms with Crippen LogP contribution in [0.3, 0.4) is 0 Å². The topological polar surface area (TPSA) is 126 Å². The van der Waals surface area contributed by atoms with Crippen LogP contribution in [0.4, 0.5) is 4.79 Å². The Morgan fingerprint density at radius 1 is 1.53 bits per heavy atom. The molecule has 0 aliphatic carbocycles. The zero-order valence-corrected chi connectivity index (χ0v) is 9.73. The highest BCUT2D eigenvalue weighted by molar-refractivity contribution is 5.86. The molecule has 5 N–H and O–H groups in total. The summed E-state index contributed by atoms with van der Waals surface area (Å²) in [6.07, 6.45) is 1.35. The van der Waals surface area contributed by atoms with Crippen LogP contribution in [0.25, 0.3) is 0 Å². The Hall–Kier alpha value is -2.12. The summed E-state index contributed by atoms with van der Waals surface area (Å²) in [5.74, 6) is 0.173. The molecule has 0 radical (unpaired) electrons. The van der Waals surface area contributed by atoms with E-state index in [1.54, 1.807) is 0 Å². The van der Waals surface area contributed by atoms with Gasteiger partial charge in [-0.25, -0.2) is 9.78 Å². The number of carbonyl (C=O) groups is 2. The quantitative estimate of drug-likeness (QED) is 0.532. The van der Waals surface area contributed by atoms with Crippen LogP contribution in [0.15, 0.2) is 6.33 Å². The first-order valence-electron chi connectivity index (χ1n) is 5.18. The average molecular weight is 240 g/mol. The summed E-state index contributed by atoms with van der Waals surface area (Å²) in [7, 11) is 0. The van der Waals surface area contributed by atoms with Gasteiger partial charge in [0.1, 0.15) is 18.2 Å². The number of urea groups is 1. The van der Waals surface area contributed by atoms with E-state index < -0.39 is 12.1 Å². The highest BCUT2D eigenvalue weighted by atomic mass is 16.2. The second-order valence-electron chi connectivity index (χ2n) is 3.88. The van der Waals surface area contributed by atoms with Gasteiger partial charge in [-0.3, -0.25) is 9.89 Å². The summed E-state index contributed by atoms with van der Waals surface area (Å²) in [6.45, 7) is 3.85. The number of nitrogens with two attached hydrogens (primary N) is 1. The SMILES string of the molecule is CC(C)C(NC(N)=O)C(=O)NCc1ncn[nH]1. The second kappa shape index (κ2) is 5.83. The van der Waals surface area contributed by atoms with Gasteiger partial charge in [-0.05, 0) is 5.92 Å². The summed E-state index contributed by atoms with van der Waals surface area (Å²) in [6, 6.07) is -1.38. The van der Waals surface area contributed by atoms with Gasteiger partial charge in [0.15, 0.2) is 0 Å². The maximum Gasteiger partial charge on any atom is 0.312 e. The van der Waals surface area contributed by atoms with Gasteiger partial charge in [0.05, 0.1) is 6.54 Å². The van der Waals surface area contributed by atoms with Gasteiger partial charge < -0.3 is 16.4 Å². The minimum absolute atomic E-state index is 0.0581. The standard InChI is InChI=1S/C9H16N6O2/c1-5(2)7(14-9(10)17)8(16)11-3-6-12-4-13-15-6/h4-5,7H,3H2,1-2H3,(H,11,16)(H3,10,14,17)(H,12,13,15). The van der Waals surface area contributed by atoms with Crippen LogP contribution in [-0.4, -0.2) is 33.2 Å². The molecule has 1 aromatic rings. The number of hydrogen-bond donors (Lipinski definition) is 4. The van der Waals surface area contributed by atoms with E-state index in [2.05, 4.69) is 25.8 Å². The molecular formula is C9H16N6O2. The third-order valence-corrected chi connectivity index (χ3v) is 2.14. The van der Waals surface area contributed by atoms with Crippen LogP contribution in [-0.2, 0) is 11.3 Å². The molecular weight excluding hydrogens is 224 g/mol. The molecule has 0 spiro atoms. The predicted octanol–water partition coefficient (Wildman–Crippen LogP) is -0.886. The highest BCUT2D eigenvalue weighted by Gasteiger charge is 2.23. The summed E-state index contributed by atoms with van der Waals surface area (Å²) < 4.78 is 0. The van der Waals surface area contributed by atoms with Crippen molar-refractivity contribution >= 4 is 11.9 Å². The van der Waals surface area contributed by atoms with E-state index in [1.807, 2.05) is 13.8 Å². The largest absolute Gasteiger partial charge is 0.352 e. The van der Waals surface area contributed by atoms with E-state index in [0.29, 0.717) is 5.82 Å². The molecule has 0 saturated carbocycles. The van der Waals surface area contributed by atoms with Gasteiger partial charge in [0, 0.05) is 0 Å². The number of rotatable bonds is 5. The van der Waals surface area contributed by atoms with Gasteiger partial charge in [-0.2, -0.15) is 5.10 Å². The lowest BCUT2D eigenvalue weighted by atomic mass is 10.0. The van der Waals surface area contributed by atoms with Crippen LogP contribution in [0.2, 0.25) is 0 Å². The van der Waals surface area contributed by atoms with Crippen LogP contribution >= 0.6 is 0 Å². The van der Waals surface area contributed by atoms with E-state index in [4.69, 9.17) is 5.73 Å². The van der Waals surface area contributed by atoms with Gasteiger partial charge >= 0.3 is 6.03 Å². The molecule has 8 nitrogen and oxygen atoms in total. The normalized spacial score (nSPS) is 12.2. The lowest BCUT2D eigenvalue weighted by Crippen LogP contribution is -2.51. The first-order valence-corrected chi connectivity index (χ1v) is 5.18. The Morgan fingerprint density at radius 2 is 2.24 bits per heavy atom. The maximum atomic E-state index is 11.8. The Balaban J connectivity index is 2.50. The van der Waals surface area contributed by atoms with Gasteiger partial charge in [0.2, 0.25) is 5.91 Å². The van der Waals surface area contributed by atoms with Crippen LogP contribution in [0.5, 0.6) is 0 Å². The van der Waals surface area contributed by atoms with Crippen molar-refractivity contribution in [2.24, 2.45) is 11.7 Å². The number of nitrogens with one attached hydrogen (secondary N) is 3. The average Bonchev–Trinajstić information content (AvgIpc) is 2.74. The zero-order chi connectivity index (χ0) is 12.8. The molecule has 1 heterocycles. The second-order valence-corrected chi connectivity index (χ2v) is 3.88. The molecule has 8 heteroatoms. The minimum Gasteiger partial charge on any atom is -0.352 e. The number of aromatic amines is 1. The van der Waals surface area contributed by atoms with Crippen molar-refractivity contribution in [3.63, 3.8) is 0 Å². The molecule has 17 heavy (non-hydrogen) atoms. The molecule has 0 aliphatic rings. The molecule has 3 amide bonds. The monoisotopic (exact) mass is 240 g/mol. The predicted molar refractivity (Wildman–Crippen MR) is 59.6 cm³/mol. The molecule has 1 rings (SSSR count). The highest BCUT2D eigenvalue weighted by Crippen LogP contribution is 2.01. The molecule has 0 aliphatic heterocycles. The lowest BCUT2D eigenvalue weighted by Gasteiger charge is -2.20. The molecule has 1 aromatic heterocycles. The molecule has 1 atom stereocenters. The number of nitrogens with zero attached hydrogens (tertiary/aromatic N) is 2. The van der Waals surface area contributed by atoms with Gasteiger partial charge in [-0.1, -0.05) is 13.8 Å². The Bertz CT molecular complexity index is 375. The summed E-state index contributed by atoms with van der Waals surface area (Å²) in [4.78, 5) is 26.4. The Kier molecular flexibility index (Phi) is 4.44. The van der Waals surface area contributed by atoms with E-state index in [0.717, 1.165) is 0 Å². The number of primary amides is 1. The third-order valence-electron chi connectivity index (χ3n) is 2.14. The van der Waals surface area contributed by atoms with Gasteiger partial charge in [-0.15, -0.1) is 0 Å². The first-order chi connectivity index (χ1) is 8.00. The fourth-order valence-corrected chi connectivity index (χ4v) is 1.28. The van der Waals surface area contributed by atoms with E-state index in [1.165, 1.54) is 6.33 Å². The summed E-state index contributed by atoms with van der Waals surface area (Å²) in [5, 5.41) is 11.3. The van der Waals surface area contributed by atoms with E-state index in [9.17, 15) is 9.59 Å². The number of aromatic nitrogens is 3. The van der Waals surface area contributed by atoms with Crippen molar-refractivity contribution in [1.82, 2.24) is 25.8 Å². The maximum absolute atomic E-state index is 11.8. The lowest BCUT2D eigenvalue weighted by molar-refractivity contribution is -0.124. The Labute approximate surface area is 98.4 Å². The van der Waals surface area contributed by atoms with E-state index >= 15 is 0 Å². The van der Waals surface area contributed by atoms with Gasteiger partial charge in [0.25, 0.3) is 0 Å². The van der Waals surface area contributed by atoms with Crippen molar-refractivity contribution in [2.75, 3.05) is 0 Å². The van der Waals surface area contributed by atoms with Crippen LogP contribution in [0, 0.1) is 5.92 Å². The summed E-state index contributed by atoms with van der Waals surface area (Å²) in [5.41, 5.74) is 5.00. The van der Waals surface area contributed by atoms with Crippen molar-refractivity contribution in [2.45, 2.75) is 26.4 Å². The number of amides is 3. The smallest absolute Gasteiger partial charge is 0.312 e. The number of carbonyl (C=O) groups excluding carboxylic acids is 2. The summed E-state index contributed by atoms with van der Waals surface area (Å²) >= 11 is 0. The minimum atomic E-state index is -0.724. The van der Waals surface area contributed by atoms with Crippen molar-refractivity contribution in [3.8, 4) is 0 Å². The molecule has 0 bridgehead atoms. The van der Waals surface area contributed by atoms with Crippen LogP contribution in [0.1, 0.15) is 19.7 Å². The molecule has 0 fully saturated rings.